The average molecular weight is 289 g/mol. The van der Waals surface area contributed by atoms with Crippen molar-refractivity contribution >= 4 is 17.5 Å². The predicted molar refractivity (Wildman–Crippen MR) is 82.5 cm³/mol. The summed E-state index contributed by atoms with van der Waals surface area (Å²) in [7, 11) is 1.86. The monoisotopic (exact) mass is 289 g/mol. The number of carbonyl (C=O) groups excluding carboxylic acids is 1. The SMILES string of the molecule is CNc1nc(C2CC2)nc(NC(C)C(=O)NC2CC2)c1C. The first-order valence-corrected chi connectivity index (χ1v) is 7.71. The zero-order valence-corrected chi connectivity index (χ0v) is 12.9. The topological polar surface area (TPSA) is 78.9 Å². The van der Waals surface area contributed by atoms with E-state index in [9.17, 15) is 4.79 Å². The summed E-state index contributed by atoms with van der Waals surface area (Å²) in [6.45, 7) is 3.84. The van der Waals surface area contributed by atoms with Crippen LogP contribution < -0.4 is 16.0 Å². The molecule has 0 aliphatic heterocycles. The van der Waals surface area contributed by atoms with Gasteiger partial charge < -0.3 is 16.0 Å². The summed E-state index contributed by atoms with van der Waals surface area (Å²) in [6, 6.07) is 0.0825. The normalized spacial score (nSPS) is 19.0. The minimum atomic E-state index is -0.295. The zero-order chi connectivity index (χ0) is 15.0. The molecule has 0 spiro atoms. The molecule has 2 aliphatic rings. The number of anilines is 2. The summed E-state index contributed by atoms with van der Waals surface area (Å²) in [4.78, 5) is 21.2. The second kappa shape index (κ2) is 5.50. The lowest BCUT2D eigenvalue weighted by Crippen LogP contribution is -2.39. The van der Waals surface area contributed by atoms with Crippen LogP contribution in [0.25, 0.3) is 0 Å². The predicted octanol–water partition coefficient (Wildman–Crippen LogP) is 1.78. The second-order valence-corrected chi connectivity index (χ2v) is 6.08. The molecule has 1 amide bonds. The van der Waals surface area contributed by atoms with Crippen LogP contribution in [0.4, 0.5) is 11.6 Å². The highest BCUT2D eigenvalue weighted by Gasteiger charge is 2.29. The van der Waals surface area contributed by atoms with E-state index in [4.69, 9.17) is 0 Å². The summed E-state index contributed by atoms with van der Waals surface area (Å²) in [5.74, 6) is 2.99. The maximum absolute atomic E-state index is 12.1. The number of rotatable bonds is 6. The first-order chi connectivity index (χ1) is 10.1. The van der Waals surface area contributed by atoms with Crippen LogP contribution in [0.1, 0.15) is 49.9 Å². The molecular weight excluding hydrogens is 266 g/mol. The van der Waals surface area contributed by atoms with Crippen LogP contribution in [0.3, 0.4) is 0 Å². The van der Waals surface area contributed by atoms with Gasteiger partial charge in [-0.3, -0.25) is 4.79 Å². The third kappa shape index (κ3) is 3.25. The minimum absolute atomic E-state index is 0.0366. The number of nitrogens with one attached hydrogen (secondary N) is 3. The Morgan fingerprint density at radius 2 is 1.86 bits per heavy atom. The van der Waals surface area contributed by atoms with Crippen molar-refractivity contribution in [1.82, 2.24) is 15.3 Å². The fourth-order valence-electron chi connectivity index (χ4n) is 2.27. The van der Waals surface area contributed by atoms with E-state index in [2.05, 4.69) is 25.9 Å². The van der Waals surface area contributed by atoms with E-state index < -0.39 is 0 Å². The molecule has 2 fully saturated rings. The molecule has 1 unspecified atom stereocenters. The molecule has 3 rings (SSSR count). The van der Waals surface area contributed by atoms with Gasteiger partial charge in [-0.15, -0.1) is 0 Å². The van der Waals surface area contributed by atoms with Crippen LogP contribution >= 0.6 is 0 Å². The Morgan fingerprint density at radius 1 is 1.19 bits per heavy atom. The van der Waals surface area contributed by atoms with Gasteiger partial charge in [0, 0.05) is 24.6 Å². The standard InChI is InChI=1S/C15H23N5O/c1-8-12(16-3)19-14(10-4-5-10)20-13(8)17-9(2)15(21)18-11-6-7-11/h9-11H,4-7H2,1-3H3,(H,18,21)(H2,16,17,19,20). The van der Waals surface area contributed by atoms with Crippen molar-refractivity contribution in [2.75, 3.05) is 17.7 Å². The summed E-state index contributed by atoms with van der Waals surface area (Å²) in [6.07, 6.45) is 4.51. The Balaban J connectivity index is 1.76. The first kappa shape index (κ1) is 14.1. The summed E-state index contributed by atoms with van der Waals surface area (Å²) in [5, 5.41) is 9.36. The fraction of sp³-hybridized carbons (Fsp3) is 0.667. The molecule has 21 heavy (non-hydrogen) atoms. The van der Waals surface area contributed by atoms with E-state index in [0.29, 0.717) is 12.0 Å². The molecule has 0 radical (unpaired) electrons. The fourth-order valence-corrected chi connectivity index (χ4v) is 2.27. The molecule has 1 atom stereocenters. The largest absolute Gasteiger partial charge is 0.373 e. The third-order valence-electron chi connectivity index (χ3n) is 4.01. The van der Waals surface area contributed by atoms with Gasteiger partial charge in [0.15, 0.2) is 0 Å². The van der Waals surface area contributed by atoms with Gasteiger partial charge in [-0.05, 0) is 39.5 Å². The highest BCUT2D eigenvalue weighted by Crippen LogP contribution is 2.39. The average Bonchev–Trinajstić information content (AvgIpc) is 3.34. The molecule has 2 aliphatic carbocycles. The van der Waals surface area contributed by atoms with Crippen LogP contribution in [0.2, 0.25) is 0 Å². The molecule has 0 aromatic carbocycles. The van der Waals surface area contributed by atoms with Crippen LogP contribution in [-0.2, 0) is 4.79 Å². The Labute approximate surface area is 125 Å². The summed E-state index contributed by atoms with van der Waals surface area (Å²) in [5.41, 5.74) is 0.952. The van der Waals surface area contributed by atoms with E-state index in [-0.39, 0.29) is 11.9 Å². The van der Waals surface area contributed by atoms with Gasteiger partial charge in [-0.2, -0.15) is 0 Å². The Kier molecular flexibility index (Phi) is 3.69. The number of hydrogen-bond donors (Lipinski definition) is 3. The van der Waals surface area contributed by atoms with E-state index in [1.165, 1.54) is 0 Å². The molecule has 114 valence electrons. The van der Waals surface area contributed by atoms with Crippen molar-refractivity contribution in [2.45, 2.75) is 57.5 Å². The van der Waals surface area contributed by atoms with Crippen molar-refractivity contribution in [3.63, 3.8) is 0 Å². The van der Waals surface area contributed by atoms with E-state index in [1.54, 1.807) is 0 Å². The van der Waals surface area contributed by atoms with Gasteiger partial charge in [0.25, 0.3) is 0 Å². The molecule has 2 saturated carbocycles. The van der Waals surface area contributed by atoms with Gasteiger partial charge in [0.2, 0.25) is 5.91 Å². The van der Waals surface area contributed by atoms with Crippen LogP contribution in [-0.4, -0.2) is 35.0 Å². The van der Waals surface area contributed by atoms with E-state index in [0.717, 1.165) is 48.7 Å². The number of nitrogens with zero attached hydrogens (tertiary/aromatic N) is 2. The highest BCUT2D eigenvalue weighted by atomic mass is 16.2. The molecule has 6 heteroatoms. The van der Waals surface area contributed by atoms with Crippen molar-refractivity contribution in [3.05, 3.63) is 11.4 Å². The molecule has 1 aromatic heterocycles. The maximum Gasteiger partial charge on any atom is 0.242 e. The first-order valence-electron chi connectivity index (χ1n) is 7.71. The molecular formula is C15H23N5O. The van der Waals surface area contributed by atoms with Gasteiger partial charge in [-0.1, -0.05) is 0 Å². The molecule has 6 nitrogen and oxygen atoms in total. The van der Waals surface area contributed by atoms with Gasteiger partial charge in [0.1, 0.15) is 23.5 Å². The maximum atomic E-state index is 12.1. The van der Waals surface area contributed by atoms with Crippen LogP contribution in [0.5, 0.6) is 0 Å². The highest BCUT2D eigenvalue weighted by molar-refractivity contribution is 5.84. The van der Waals surface area contributed by atoms with Crippen molar-refractivity contribution in [2.24, 2.45) is 0 Å². The second-order valence-electron chi connectivity index (χ2n) is 6.08. The Morgan fingerprint density at radius 3 is 2.43 bits per heavy atom. The minimum Gasteiger partial charge on any atom is -0.373 e. The van der Waals surface area contributed by atoms with Crippen molar-refractivity contribution < 1.29 is 4.79 Å². The Bertz CT molecular complexity index is 551. The van der Waals surface area contributed by atoms with Crippen LogP contribution in [0.15, 0.2) is 0 Å². The molecule has 3 N–H and O–H groups in total. The number of amides is 1. The lowest BCUT2D eigenvalue weighted by Gasteiger charge is -2.18. The van der Waals surface area contributed by atoms with Crippen molar-refractivity contribution in [3.8, 4) is 0 Å². The summed E-state index contributed by atoms with van der Waals surface area (Å²) >= 11 is 0. The Hall–Kier alpha value is -1.85. The smallest absolute Gasteiger partial charge is 0.242 e. The number of aromatic nitrogens is 2. The quantitative estimate of drug-likeness (QED) is 0.744. The summed E-state index contributed by atoms with van der Waals surface area (Å²) < 4.78 is 0. The lowest BCUT2D eigenvalue weighted by molar-refractivity contribution is -0.121. The number of hydrogen-bond acceptors (Lipinski definition) is 5. The van der Waals surface area contributed by atoms with Crippen LogP contribution in [0, 0.1) is 6.92 Å². The van der Waals surface area contributed by atoms with Gasteiger partial charge in [-0.25, -0.2) is 9.97 Å². The third-order valence-corrected chi connectivity index (χ3v) is 4.01. The van der Waals surface area contributed by atoms with Gasteiger partial charge in [0.05, 0.1) is 0 Å². The van der Waals surface area contributed by atoms with E-state index >= 15 is 0 Å². The molecule has 0 saturated heterocycles. The van der Waals surface area contributed by atoms with Crippen molar-refractivity contribution in [1.29, 1.82) is 0 Å². The molecule has 1 heterocycles. The molecule has 0 bridgehead atoms. The van der Waals surface area contributed by atoms with Gasteiger partial charge >= 0.3 is 0 Å². The van der Waals surface area contributed by atoms with E-state index in [1.807, 2.05) is 20.9 Å². The lowest BCUT2D eigenvalue weighted by atomic mass is 10.2. The number of carbonyl (C=O) groups is 1. The zero-order valence-electron chi connectivity index (χ0n) is 12.9. The molecule has 1 aromatic rings.